The van der Waals surface area contributed by atoms with E-state index in [1.165, 1.54) is 0 Å². The number of benzene rings is 1. The van der Waals surface area contributed by atoms with Crippen molar-refractivity contribution in [1.82, 2.24) is 10.2 Å². The molecule has 5 heteroatoms. The first kappa shape index (κ1) is 19.3. The van der Waals surface area contributed by atoms with Gasteiger partial charge < -0.3 is 20.1 Å². The summed E-state index contributed by atoms with van der Waals surface area (Å²) in [6, 6.07) is 5.76. The van der Waals surface area contributed by atoms with Gasteiger partial charge in [-0.15, -0.1) is 0 Å². The highest BCUT2D eigenvalue weighted by Crippen LogP contribution is 2.20. The molecule has 1 rings (SSSR count). The number of aryl methyl sites for hydroxylation is 1. The molecule has 0 atom stereocenters. The predicted octanol–water partition coefficient (Wildman–Crippen LogP) is 3.44. The van der Waals surface area contributed by atoms with Crippen LogP contribution in [-0.2, 0) is 11.3 Å². The molecule has 0 aliphatic carbocycles. The molecule has 0 bridgehead atoms. The van der Waals surface area contributed by atoms with Crippen molar-refractivity contribution in [1.29, 1.82) is 0 Å². The maximum Gasteiger partial charge on any atom is 0.410 e. The predicted molar refractivity (Wildman–Crippen MR) is 92.6 cm³/mol. The van der Waals surface area contributed by atoms with Gasteiger partial charge in [-0.3, -0.25) is 0 Å². The average Bonchev–Trinajstić information content (AvgIpc) is 2.40. The monoisotopic (exact) mass is 322 g/mol. The lowest BCUT2D eigenvalue weighted by Crippen LogP contribution is -2.44. The molecule has 0 radical (unpaired) electrons. The van der Waals surface area contributed by atoms with Gasteiger partial charge in [-0.05, 0) is 47.1 Å². The van der Waals surface area contributed by atoms with E-state index in [1.807, 2.05) is 59.7 Å². The summed E-state index contributed by atoms with van der Waals surface area (Å²) in [4.78, 5) is 13.9. The van der Waals surface area contributed by atoms with Crippen LogP contribution in [0.4, 0.5) is 4.79 Å². The van der Waals surface area contributed by atoms with E-state index < -0.39 is 5.60 Å². The van der Waals surface area contributed by atoms with E-state index >= 15 is 0 Å². The molecule has 0 unspecified atom stereocenters. The zero-order chi connectivity index (χ0) is 17.6. The fourth-order valence-electron chi connectivity index (χ4n) is 2.17. The van der Waals surface area contributed by atoms with Crippen molar-refractivity contribution in [3.8, 4) is 5.75 Å². The minimum absolute atomic E-state index is 0.0685. The molecule has 5 nitrogen and oxygen atoms in total. The van der Waals surface area contributed by atoms with Crippen LogP contribution in [0.3, 0.4) is 0 Å². The topological polar surface area (TPSA) is 61.8 Å². The smallest absolute Gasteiger partial charge is 0.410 e. The van der Waals surface area contributed by atoms with Gasteiger partial charge in [0, 0.05) is 31.2 Å². The quantitative estimate of drug-likeness (QED) is 0.788. The van der Waals surface area contributed by atoms with Crippen LogP contribution in [0.5, 0.6) is 5.75 Å². The minimum Gasteiger partial charge on any atom is -0.507 e. The third-order valence-corrected chi connectivity index (χ3v) is 3.42. The Kier molecular flexibility index (Phi) is 6.88. The van der Waals surface area contributed by atoms with Gasteiger partial charge in [0.25, 0.3) is 0 Å². The number of ether oxygens (including phenoxy) is 1. The maximum absolute atomic E-state index is 12.2. The van der Waals surface area contributed by atoms with Crippen molar-refractivity contribution in [2.75, 3.05) is 13.1 Å². The summed E-state index contributed by atoms with van der Waals surface area (Å²) in [5.41, 5.74) is 1.23. The van der Waals surface area contributed by atoms with Gasteiger partial charge in [0.15, 0.2) is 0 Å². The van der Waals surface area contributed by atoms with Crippen LogP contribution in [-0.4, -0.2) is 40.8 Å². The Morgan fingerprint density at radius 1 is 1.35 bits per heavy atom. The second kappa shape index (κ2) is 8.20. The summed E-state index contributed by atoms with van der Waals surface area (Å²) >= 11 is 0. The molecule has 0 fully saturated rings. The van der Waals surface area contributed by atoms with Crippen LogP contribution in [0.1, 0.15) is 45.7 Å². The summed E-state index contributed by atoms with van der Waals surface area (Å²) in [6.45, 7) is 13.2. The summed E-state index contributed by atoms with van der Waals surface area (Å²) < 4.78 is 5.43. The maximum atomic E-state index is 12.2. The first-order valence-corrected chi connectivity index (χ1v) is 8.09. The molecule has 1 aromatic carbocycles. The van der Waals surface area contributed by atoms with Crippen molar-refractivity contribution in [3.63, 3.8) is 0 Å². The Morgan fingerprint density at radius 2 is 2.00 bits per heavy atom. The van der Waals surface area contributed by atoms with E-state index in [0.29, 0.717) is 25.4 Å². The van der Waals surface area contributed by atoms with Crippen LogP contribution < -0.4 is 5.32 Å². The number of carbonyl (C=O) groups is 1. The molecule has 0 aliphatic rings. The van der Waals surface area contributed by atoms with Gasteiger partial charge in [-0.1, -0.05) is 18.2 Å². The van der Waals surface area contributed by atoms with Crippen molar-refractivity contribution >= 4 is 6.09 Å². The van der Waals surface area contributed by atoms with Crippen molar-refractivity contribution in [2.45, 2.75) is 59.7 Å². The van der Waals surface area contributed by atoms with Gasteiger partial charge >= 0.3 is 6.09 Å². The normalized spacial score (nSPS) is 11.6. The molecule has 0 aliphatic heterocycles. The van der Waals surface area contributed by atoms with Crippen molar-refractivity contribution in [2.24, 2.45) is 0 Å². The second-order valence-electron chi connectivity index (χ2n) is 7.03. The Morgan fingerprint density at radius 3 is 2.57 bits per heavy atom. The number of amides is 1. The highest BCUT2D eigenvalue weighted by molar-refractivity contribution is 5.68. The number of phenolic OH excluding ortho intramolecular Hbond substituents is 1. The third kappa shape index (κ3) is 6.48. The van der Waals surface area contributed by atoms with Gasteiger partial charge in [-0.25, -0.2) is 4.79 Å². The van der Waals surface area contributed by atoms with Crippen LogP contribution in [0, 0.1) is 6.92 Å². The summed E-state index contributed by atoms with van der Waals surface area (Å²) in [6.07, 6.45) is -0.298. The number of hydrogen-bond donors (Lipinski definition) is 2. The summed E-state index contributed by atoms with van der Waals surface area (Å²) in [7, 11) is 0. The summed E-state index contributed by atoms with van der Waals surface area (Å²) in [5.74, 6) is 0.327. The number of nitrogens with zero attached hydrogens (tertiary/aromatic N) is 1. The highest BCUT2D eigenvalue weighted by Gasteiger charge is 2.23. The number of para-hydroxylation sites is 1. The van der Waals surface area contributed by atoms with E-state index in [9.17, 15) is 9.90 Å². The lowest BCUT2D eigenvalue weighted by Gasteiger charge is -2.30. The first-order chi connectivity index (χ1) is 10.6. The Bertz CT molecular complexity index is 521. The molecule has 1 aromatic rings. The van der Waals surface area contributed by atoms with E-state index in [0.717, 1.165) is 11.1 Å². The number of rotatable bonds is 6. The Hall–Kier alpha value is -1.75. The molecule has 0 saturated carbocycles. The van der Waals surface area contributed by atoms with Crippen molar-refractivity contribution < 1.29 is 14.6 Å². The molecular weight excluding hydrogens is 292 g/mol. The molecule has 2 N–H and O–H groups in total. The van der Waals surface area contributed by atoms with Crippen LogP contribution in [0.2, 0.25) is 0 Å². The molecule has 0 spiro atoms. The molecule has 130 valence electrons. The van der Waals surface area contributed by atoms with Gasteiger partial charge in [0.1, 0.15) is 11.4 Å². The number of carbonyl (C=O) groups excluding carboxylic acids is 1. The zero-order valence-electron chi connectivity index (χ0n) is 15.1. The lowest BCUT2D eigenvalue weighted by atomic mass is 10.1. The average molecular weight is 322 g/mol. The fourth-order valence-corrected chi connectivity index (χ4v) is 2.17. The third-order valence-electron chi connectivity index (χ3n) is 3.42. The van der Waals surface area contributed by atoms with E-state index in [4.69, 9.17) is 4.74 Å². The number of aromatic hydroxyl groups is 1. The molecule has 0 heterocycles. The van der Waals surface area contributed by atoms with Crippen LogP contribution in [0.15, 0.2) is 18.2 Å². The van der Waals surface area contributed by atoms with E-state index in [1.54, 1.807) is 4.90 Å². The van der Waals surface area contributed by atoms with Gasteiger partial charge in [0.2, 0.25) is 0 Å². The lowest BCUT2D eigenvalue weighted by molar-refractivity contribution is 0.0193. The SMILES string of the molecule is Cc1cccc(CNCCN(C(=O)OC(C)(C)C)C(C)C)c1O. The largest absolute Gasteiger partial charge is 0.507 e. The van der Waals surface area contributed by atoms with Gasteiger partial charge in [-0.2, -0.15) is 0 Å². The van der Waals surface area contributed by atoms with Gasteiger partial charge in [0.05, 0.1) is 0 Å². The molecule has 1 amide bonds. The molecule has 23 heavy (non-hydrogen) atoms. The number of nitrogens with one attached hydrogen (secondary N) is 1. The number of hydrogen-bond acceptors (Lipinski definition) is 4. The van der Waals surface area contributed by atoms with E-state index in [-0.39, 0.29) is 12.1 Å². The molecule has 0 aromatic heterocycles. The number of phenols is 1. The van der Waals surface area contributed by atoms with E-state index in [2.05, 4.69) is 5.32 Å². The molecule has 0 saturated heterocycles. The summed E-state index contributed by atoms with van der Waals surface area (Å²) in [5, 5.41) is 13.2. The zero-order valence-corrected chi connectivity index (χ0v) is 15.1. The highest BCUT2D eigenvalue weighted by atomic mass is 16.6. The minimum atomic E-state index is -0.495. The Balaban J connectivity index is 2.50. The van der Waals surface area contributed by atoms with Crippen LogP contribution in [0.25, 0.3) is 0 Å². The first-order valence-electron chi connectivity index (χ1n) is 8.09. The second-order valence-corrected chi connectivity index (χ2v) is 7.03. The molecular formula is C18H30N2O3. The fraction of sp³-hybridized carbons (Fsp3) is 0.611. The standard InChI is InChI=1S/C18H30N2O3/c1-13(2)20(17(22)23-18(4,5)6)11-10-19-12-15-9-7-8-14(3)16(15)21/h7-9,13,19,21H,10-12H2,1-6H3. The van der Waals surface area contributed by atoms with Crippen molar-refractivity contribution in [3.05, 3.63) is 29.3 Å². The Labute approximate surface area is 139 Å². The van der Waals surface area contributed by atoms with Crippen LogP contribution >= 0.6 is 0 Å².